The van der Waals surface area contributed by atoms with E-state index in [2.05, 4.69) is 78.5 Å². The van der Waals surface area contributed by atoms with Crippen LogP contribution in [0.1, 0.15) is 53.9 Å². The molecule has 3 aromatic carbocycles. The van der Waals surface area contributed by atoms with E-state index in [1.165, 1.54) is 5.56 Å². The van der Waals surface area contributed by atoms with Crippen molar-refractivity contribution in [3.63, 3.8) is 0 Å². The number of para-hydroxylation sites is 1. The number of aryl methyl sites for hydroxylation is 1. The van der Waals surface area contributed by atoms with Crippen LogP contribution in [0.3, 0.4) is 0 Å². The van der Waals surface area contributed by atoms with Crippen molar-refractivity contribution in [1.82, 2.24) is 19.2 Å². The zero-order valence-electron chi connectivity index (χ0n) is 23.2. The van der Waals surface area contributed by atoms with Crippen molar-refractivity contribution >= 4 is 23.5 Å². The first-order chi connectivity index (χ1) is 19.4. The maximum absolute atomic E-state index is 14.2. The number of carbonyl (C=O) groups is 1. The Kier molecular flexibility index (Phi) is 6.98. The quantitative estimate of drug-likeness (QED) is 0.227. The number of amides is 2. The lowest BCUT2D eigenvalue weighted by molar-refractivity contribution is 0.194. The van der Waals surface area contributed by atoms with Crippen LogP contribution in [-0.2, 0) is 6.54 Å². The van der Waals surface area contributed by atoms with E-state index < -0.39 is 0 Å². The number of rotatable bonds is 5. The first kappa shape index (κ1) is 26.0. The largest absolute Gasteiger partial charge is 0.322 e. The van der Waals surface area contributed by atoms with Crippen LogP contribution in [0.25, 0.3) is 11.5 Å². The second-order valence-corrected chi connectivity index (χ2v) is 11.3. The van der Waals surface area contributed by atoms with E-state index in [1.54, 1.807) is 11.8 Å². The lowest BCUT2D eigenvalue weighted by Gasteiger charge is -2.31. The fraction of sp³-hybridized carbons (Fsp3) is 0.212. The van der Waals surface area contributed by atoms with Crippen molar-refractivity contribution in [3.05, 3.63) is 125 Å². The van der Waals surface area contributed by atoms with Crippen LogP contribution in [0.2, 0.25) is 0 Å². The smallest absolute Gasteiger partial charge is 0.308 e. The van der Waals surface area contributed by atoms with E-state index in [0.717, 1.165) is 44.6 Å². The molecule has 6 rings (SSSR count). The van der Waals surface area contributed by atoms with E-state index in [9.17, 15) is 4.79 Å². The van der Waals surface area contributed by atoms with Gasteiger partial charge in [0.2, 0.25) is 0 Å². The summed E-state index contributed by atoms with van der Waals surface area (Å²) in [6, 6.07) is 30.6. The summed E-state index contributed by atoms with van der Waals surface area (Å²) in [4.78, 5) is 17.2. The van der Waals surface area contributed by atoms with Crippen LogP contribution in [-0.4, -0.2) is 31.5 Å². The van der Waals surface area contributed by atoms with Gasteiger partial charge in [-0.1, -0.05) is 62.4 Å². The summed E-state index contributed by atoms with van der Waals surface area (Å²) >= 11 is 1.66. The molecule has 202 valence electrons. The number of carbonyl (C=O) groups excluding carboxylic acids is 1. The van der Waals surface area contributed by atoms with Crippen LogP contribution in [0.15, 0.2) is 102 Å². The second kappa shape index (κ2) is 10.7. The Morgan fingerprint density at radius 3 is 2.48 bits per heavy atom. The third-order valence-corrected chi connectivity index (χ3v) is 8.31. The summed E-state index contributed by atoms with van der Waals surface area (Å²) in [5, 5.41) is 8.14. The topological polar surface area (TPSA) is 55.1 Å². The molecule has 1 N–H and O–H groups in total. The van der Waals surface area contributed by atoms with Crippen LogP contribution < -0.4 is 5.32 Å². The van der Waals surface area contributed by atoms with Crippen molar-refractivity contribution in [1.29, 1.82) is 0 Å². The normalized spacial score (nSPS) is 14.5. The van der Waals surface area contributed by atoms with Gasteiger partial charge in [0.25, 0.3) is 0 Å². The number of nitrogens with zero attached hydrogens (tertiary/aromatic N) is 4. The van der Waals surface area contributed by atoms with Crippen molar-refractivity contribution < 1.29 is 4.79 Å². The lowest BCUT2D eigenvalue weighted by atomic mass is 9.97. The number of benzene rings is 3. The Morgan fingerprint density at radius 2 is 1.75 bits per heavy atom. The van der Waals surface area contributed by atoms with Crippen molar-refractivity contribution in [2.75, 3.05) is 11.6 Å². The minimum atomic E-state index is -0.295. The minimum Gasteiger partial charge on any atom is -0.308 e. The van der Waals surface area contributed by atoms with Gasteiger partial charge in [-0.25, -0.2) is 9.48 Å². The number of hydrogen-bond donors (Lipinski definition) is 1. The van der Waals surface area contributed by atoms with Crippen LogP contribution in [0, 0.1) is 6.92 Å². The third kappa shape index (κ3) is 4.71. The Hall–Kier alpha value is -4.23. The molecular weight excluding hydrogens is 514 g/mol. The predicted octanol–water partition coefficient (Wildman–Crippen LogP) is 7.95. The van der Waals surface area contributed by atoms with Crippen molar-refractivity contribution in [2.24, 2.45) is 0 Å². The van der Waals surface area contributed by atoms with Gasteiger partial charge in [0.05, 0.1) is 29.7 Å². The molecule has 0 radical (unpaired) electrons. The number of aromatic nitrogens is 3. The molecule has 0 saturated carbocycles. The molecule has 3 heterocycles. The second-order valence-electron chi connectivity index (χ2n) is 10.5. The van der Waals surface area contributed by atoms with Crippen molar-refractivity contribution in [2.45, 2.75) is 44.2 Å². The van der Waals surface area contributed by atoms with Gasteiger partial charge in [0.1, 0.15) is 5.82 Å². The fourth-order valence-electron chi connectivity index (χ4n) is 5.46. The number of anilines is 1. The zero-order chi connectivity index (χ0) is 27.8. The highest BCUT2D eigenvalue weighted by Crippen LogP contribution is 2.39. The number of hydrogen-bond acceptors (Lipinski definition) is 3. The molecule has 0 spiro atoms. The lowest BCUT2D eigenvalue weighted by Crippen LogP contribution is -2.38. The molecule has 5 aromatic rings. The van der Waals surface area contributed by atoms with Crippen LogP contribution >= 0.6 is 11.8 Å². The van der Waals surface area contributed by atoms with Crippen LogP contribution in [0.4, 0.5) is 10.5 Å². The van der Waals surface area contributed by atoms with E-state index in [0.29, 0.717) is 12.5 Å². The number of thioether (sulfide) groups is 1. The van der Waals surface area contributed by atoms with E-state index in [-0.39, 0.29) is 12.1 Å². The number of fused-ring (bicyclic) bond motifs is 3. The molecule has 40 heavy (non-hydrogen) atoms. The van der Waals surface area contributed by atoms with Gasteiger partial charge in [0.15, 0.2) is 0 Å². The summed E-state index contributed by atoms with van der Waals surface area (Å²) < 4.78 is 4.20. The predicted molar refractivity (Wildman–Crippen MR) is 163 cm³/mol. The third-order valence-electron chi connectivity index (χ3n) is 7.59. The first-order valence-electron chi connectivity index (χ1n) is 13.6. The summed E-state index contributed by atoms with van der Waals surface area (Å²) in [5.74, 6) is 1.39. The summed E-state index contributed by atoms with van der Waals surface area (Å²) in [7, 11) is 0. The molecule has 1 atom stereocenters. The SMILES string of the molecule is CSc1cccc(NC(=O)N2Cc3c(C)nn(-c4ccccc4)c3-n3cccc3C2c2ccc(C(C)C)cc2)c1. The fourth-order valence-corrected chi connectivity index (χ4v) is 5.92. The Bertz CT molecular complexity index is 1650. The Balaban J connectivity index is 1.51. The van der Waals surface area contributed by atoms with Crippen molar-refractivity contribution in [3.8, 4) is 11.5 Å². The van der Waals surface area contributed by atoms with Gasteiger partial charge in [-0.2, -0.15) is 5.10 Å². The number of nitrogens with one attached hydrogen (secondary N) is 1. The molecule has 0 aliphatic carbocycles. The average Bonchev–Trinajstić information content (AvgIpc) is 3.54. The van der Waals surface area contributed by atoms with Gasteiger partial charge in [-0.15, -0.1) is 11.8 Å². The van der Waals surface area contributed by atoms with Crippen LogP contribution in [0.5, 0.6) is 0 Å². The standard InChI is InChI=1S/C33H33N5OS/c1-22(2)24-15-17-25(18-16-24)31-30-14-9-19-36(30)32-29(23(3)35-38(32)27-11-6-5-7-12-27)21-37(31)33(39)34-26-10-8-13-28(20-26)40-4/h5-20,22,31H,21H2,1-4H3,(H,34,39). The van der Waals surface area contributed by atoms with Gasteiger partial charge in [0, 0.05) is 22.3 Å². The van der Waals surface area contributed by atoms with E-state index in [1.807, 2.05) is 65.2 Å². The molecule has 7 heteroatoms. The Morgan fingerprint density at radius 1 is 0.975 bits per heavy atom. The summed E-state index contributed by atoms with van der Waals surface area (Å²) in [5.41, 5.74) is 7.04. The molecule has 0 bridgehead atoms. The highest BCUT2D eigenvalue weighted by atomic mass is 32.2. The summed E-state index contributed by atoms with van der Waals surface area (Å²) in [6.07, 6.45) is 4.11. The highest BCUT2D eigenvalue weighted by Gasteiger charge is 2.36. The van der Waals surface area contributed by atoms with E-state index >= 15 is 0 Å². The van der Waals surface area contributed by atoms with Gasteiger partial charge in [-0.05, 0) is 72.7 Å². The van der Waals surface area contributed by atoms with Gasteiger partial charge < -0.3 is 14.8 Å². The molecule has 2 aromatic heterocycles. The molecule has 1 aliphatic rings. The minimum absolute atomic E-state index is 0.149. The molecule has 0 fully saturated rings. The monoisotopic (exact) mass is 547 g/mol. The van der Waals surface area contributed by atoms with Gasteiger partial charge >= 0.3 is 6.03 Å². The van der Waals surface area contributed by atoms with E-state index in [4.69, 9.17) is 5.10 Å². The highest BCUT2D eigenvalue weighted by molar-refractivity contribution is 7.98. The summed E-state index contributed by atoms with van der Waals surface area (Å²) in [6.45, 7) is 6.84. The Labute approximate surface area is 239 Å². The molecular formula is C33H33N5OS. The maximum Gasteiger partial charge on any atom is 0.322 e. The number of urea groups is 1. The zero-order valence-corrected chi connectivity index (χ0v) is 24.0. The molecule has 6 nitrogen and oxygen atoms in total. The first-order valence-corrected chi connectivity index (χ1v) is 14.8. The maximum atomic E-state index is 14.2. The molecule has 0 saturated heterocycles. The molecule has 2 amide bonds. The average molecular weight is 548 g/mol. The molecule has 1 unspecified atom stereocenters. The molecule has 1 aliphatic heterocycles. The van der Waals surface area contributed by atoms with Gasteiger partial charge in [-0.3, -0.25) is 0 Å².